The molecular weight excluding hydrogens is 316 g/mol. The van der Waals surface area contributed by atoms with Crippen LogP contribution >= 0.6 is 15.9 Å². The Balaban J connectivity index is 2.26. The number of aryl methyl sites for hydroxylation is 4. The first kappa shape index (κ1) is 15.0. The maximum atomic E-state index is 12.4. The van der Waals surface area contributed by atoms with Gasteiger partial charge in [0.15, 0.2) is 5.78 Å². The van der Waals surface area contributed by atoms with Crippen LogP contribution in [0.1, 0.15) is 39.8 Å². The molecule has 2 aromatic rings. The lowest BCUT2D eigenvalue weighted by Crippen LogP contribution is -2.08. The van der Waals surface area contributed by atoms with Gasteiger partial charge in [0.1, 0.15) is 0 Å². The summed E-state index contributed by atoms with van der Waals surface area (Å²) in [5, 5.41) is 4.38. The molecule has 1 aromatic carbocycles. The van der Waals surface area contributed by atoms with Crippen molar-refractivity contribution in [2.45, 2.75) is 33.6 Å². The Labute approximate surface area is 128 Å². The topological polar surface area (TPSA) is 34.9 Å². The molecule has 0 radical (unpaired) electrons. The van der Waals surface area contributed by atoms with E-state index in [2.05, 4.69) is 28.0 Å². The van der Waals surface area contributed by atoms with Gasteiger partial charge >= 0.3 is 0 Å². The number of Topliss-reactive ketones (excluding diaryl/α,β-unsaturated/α-hetero) is 1. The van der Waals surface area contributed by atoms with Crippen molar-refractivity contribution in [2.75, 3.05) is 0 Å². The summed E-state index contributed by atoms with van der Waals surface area (Å²) in [6, 6.07) is 5.89. The highest BCUT2D eigenvalue weighted by molar-refractivity contribution is 9.10. The molecular formula is C16H19BrN2O. The number of carbonyl (C=O) groups excluding carboxylic acids is 1. The minimum absolute atomic E-state index is 0.134. The monoisotopic (exact) mass is 334 g/mol. The summed E-state index contributed by atoms with van der Waals surface area (Å²) in [6.07, 6.45) is 1.28. The lowest BCUT2D eigenvalue weighted by Gasteiger charge is -2.07. The van der Waals surface area contributed by atoms with Gasteiger partial charge in [-0.1, -0.05) is 22.9 Å². The quantitative estimate of drug-likeness (QED) is 0.797. The minimum atomic E-state index is 0.134. The van der Waals surface area contributed by atoms with Crippen LogP contribution in [0.15, 0.2) is 22.7 Å². The van der Waals surface area contributed by atoms with Gasteiger partial charge in [-0.15, -0.1) is 0 Å². The first-order valence-corrected chi connectivity index (χ1v) is 7.53. The molecule has 0 bridgehead atoms. The predicted molar refractivity (Wildman–Crippen MR) is 84.2 cm³/mol. The molecule has 1 aromatic heterocycles. The van der Waals surface area contributed by atoms with E-state index in [0.717, 1.165) is 39.0 Å². The maximum absolute atomic E-state index is 12.4. The summed E-state index contributed by atoms with van der Waals surface area (Å²) in [7, 11) is 1.89. The summed E-state index contributed by atoms with van der Waals surface area (Å²) >= 11 is 3.53. The lowest BCUT2D eigenvalue weighted by atomic mass is 10.0. The van der Waals surface area contributed by atoms with Crippen molar-refractivity contribution in [1.82, 2.24) is 9.78 Å². The van der Waals surface area contributed by atoms with E-state index in [9.17, 15) is 4.79 Å². The summed E-state index contributed by atoms with van der Waals surface area (Å²) < 4.78 is 2.87. The van der Waals surface area contributed by atoms with E-state index in [0.29, 0.717) is 6.42 Å². The molecule has 0 amide bonds. The zero-order chi connectivity index (χ0) is 14.9. The maximum Gasteiger partial charge on any atom is 0.168 e. The molecule has 3 nitrogen and oxygen atoms in total. The fraction of sp³-hybridized carbons (Fsp3) is 0.375. The van der Waals surface area contributed by atoms with Crippen molar-refractivity contribution in [3.8, 4) is 0 Å². The highest BCUT2D eigenvalue weighted by Gasteiger charge is 2.13. The second-order valence-electron chi connectivity index (χ2n) is 5.13. The molecule has 0 aliphatic carbocycles. The van der Waals surface area contributed by atoms with E-state index in [4.69, 9.17) is 0 Å². The fourth-order valence-corrected chi connectivity index (χ4v) is 2.51. The molecule has 0 saturated heterocycles. The molecule has 0 atom stereocenters. The van der Waals surface area contributed by atoms with Crippen molar-refractivity contribution >= 4 is 21.7 Å². The van der Waals surface area contributed by atoms with Crippen molar-refractivity contribution < 1.29 is 4.79 Å². The summed E-state index contributed by atoms with van der Waals surface area (Å²) in [6.45, 7) is 6.08. The Bertz CT molecular complexity index is 635. The van der Waals surface area contributed by atoms with Crippen LogP contribution in [0.3, 0.4) is 0 Å². The number of hydrogen-bond donors (Lipinski definition) is 0. The normalized spacial score (nSPS) is 10.8. The van der Waals surface area contributed by atoms with E-state index >= 15 is 0 Å². The van der Waals surface area contributed by atoms with Crippen LogP contribution in [-0.4, -0.2) is 15.6 Å². The standard InChI is InChI=1S/C16H19BrN2O/c1-5-13-8-14(19(4)18-13)9-15(20)12-6-10(2)16(17)11(3)7-12/h6-8H,5,9H2,1-4H3. The highest BCUT2D eigenvalue weighted by atomic mass is 79.9. The van der Waals surface area contributed by atoms with Gasteiger partial charge in [-0.2, -0.15) is 5.10 Å². The van der Waals surface area contributed by atoms with Crippen molar-refractivity contribution in [3.05, 3.63) is 50.8 Å². The predicted octanol–water partition coefficient (Wildman–Crippen LogP) is 3.79. The lowest BCUT2D eigenvalue weighted by molar-refractivity contribution is 0.0990. The molecule has 1 heterocycles. The van der Waals surface area contributed by atoms with Crippen LogP contribution in [-0.2, 0) is 19.9 Å². The first-order chi connectivity index (χ1) is 9.42. The third kappa shape index (κ3) is 3.01. The van der Waals surface area contributed by atoms with Crippen molar-refractivity contribution in [3.63, 3.8) is 0 Å². The van der Waals surface area contributed by atoms with Crippen LogP contribution in [0.2, 0.25) is 0 Å². The number of rotatable bonds is 4. The van der Waals surface area contributed by atoms with Gasteiger partial charge in [-0.25, -0.2) is 0 Å². The molecule has 0 spiro atoms. The molecule has 0 saturated carbocycles. The number of ketones is 1. The number of carbonyl (C=O) groups is 1. The van der Waals surface area contributed by atoms with E-state index in [1.807, 2.05) is 39.1 Å². The van der Waals surface area contributed by atoms with Crippen LogP contribution in [0.25, 0.3) is 0 Å². The number of nitrogens with zero attached hydrogens (tertiary/aromatic N) is 2. The van der Waals surface area contributed by atoms with E-state index in [1.165, 1.54) is 0 Å². The molecule has 0 unspecified atom stereocenters. The second-order valence-corrected chi connectivity index (χ2v) is 5.92. The molecule has 0 N–H and O–H groups in total. The zero-order valence-corrected chi connectivity index (χ0v) is 13.9. The number of halogens is 1. The SMILES string of the molecule is CCc1cc(CC(=O)c2cc(C)c(Br)c(C)c2)n(C)n1. The van der Waals surface area contributed by atoms with Gasteiger partial charge in [-0.05, 0) is 49.6 Å². The van der Waals surface area contributed by atoms with Gasteiger partial charge in [-0.3, -0.25) is 9.48 Å². The summed E-state index contributed by atoms with van der Waals surface area (Å²) in [5.41, 5.74) is 4.94. The minimum Gasteiger partial charge on any atom is -0.294 e. The van der Waals surface area contributed by atoms with E-state index in [1.54, 1.807) is 4.68 Å². The van der Waals surface area contributed by atoms with Gasteiger partial charge in [0.2, 0.25) is 0 Å². The Morgan fingerprint density at radius 3 is 2.35 bits per heavy atom. The first-order valence-electron chi connectivity index (χ1n) is 6.74. The Morgan fingerprint density at radius 2 is 1.85 bits per heavy atom. The fourth-order valence-electron chi connectivity index (χ4n) is 2.28. The molecule has 4 heteroatoms. The average molecular weight is 335 g/mol. The number of hydrogen-bond acceptors (Lipinski definition) is 2. The molecule has 20 heavy (non-hydrogen) atoms. The highest BCUT2D eigenvalue weighted by Crippen LogP contribution is 2.23. The van der Waals surface area contributed by atoms with Crippen LogP contribution < -0.4 is 0 Å². The van der Waals surface area contributed by atoms with Crippen molar-refractivity contribution in [1.29, 1.82) is 0 Å². The molecule has 2 rings (SSSR count). The third-order valence-electron chi connectivity index (χ3n) is 3.49. The van der Waals surface area contributed by atoms with Crippen LogP contribution in [0.4, 0.5) is 0 Å². The second kappa shape index (κ2) is 5.92. The summed E-state index contributed by atoms with van der Waals surface area (Å²) in [5.74, 6) is 0.134. The molecule has 0 aliphatic rings. The van der Waals surface area contributed by atoms with Crippen molar-refractivity contribution in [2.24, 2.45) is 7.05 Å². The van der Waals surface area contributed by atoms with Gasteiger partial charge in [0, 0.05) is 22.8 Å². The van der Waals surface area contributed by atoms with Gasteiger partial charge in [0.25, 0.3) is 0 Å². The molecule has 0 aliphatic heterocycles. The van der Waals surface area contributed by atoms with E-state index < -0.39 is 0 Å². The van der Waals surface area contributed by atoms with Gasteiger partial charge < -0.3 is 0 Å². The Hall–Kier alpha value is -1.42. The summed E-state index contributed by atoms with van der Waals surface area (Å²) in [4.78, 5) is 12.4. The Kier molecular flexibility index (Phi) is 4.43. The van der Waals surface area contributed by atoms with Gasteiger partial charge in [0.05, 0.1) is 12.1 Å². The average Bonchev–Trinajstić information content (AvgIpc) is 2.76. The third-order valence-corrected chi connectivity index (χ3v) is 4.74. The van der Waals surface area contributed by atoms with Crippen LogP contribution in [0.5, 0.6) is 0 Å². The number of aromatic nitrogens is 2. The Morgan fingerprint density at radius 1 is 1.25 bits per heavy atom. The molecule has 0 fully saturated rings. The van der Waals surface area contributed by atoms with E-state index in [-0.39, 0.29) is 5.78 Å². The number of benzene rings is 1. The van der Waals surface area contributed by atoms with Crippen LogP contribution in [0, 0.1) is 13.8 Å². The smallest absolute Gasteiger partial charge is 0.168 e. The zero-order valence-electron chi connectivity index (χ0n) is 12.3. The molecule has 106 valence electrons. The largest absolute Gasteiger partial charge is 0.294 e.